The molecular weight excluding hydrogens is 435 g/mol. The number of hydrogen-bond acceptors (Lipinski definition) is 6. The van der Waals surface area contributed by atoms with Crippen LogP contribution in [0.3, 0.4) is 0 Å². The molecule has 156 valence electrons. The molecule has 0 heterocycles. The molecule has 0 unspecified atom stereocenters. The Bertz CT molecular complexity index is 880. The van der Waals surface area contributed by atoms with Gasteiger partial charge in [-0.3, -0.25) is 9.69 Å². The number of rotatable bonds is 9. The minimum absolute atomic E-state index is 0.0475. The van der Waals surface area contributed by atoms with Crippen molar-refractivity contribution in [1.82, 2.24) is 4.90 Å². The Morgan fingerprint density at radius 1 is 1.03 bits per heavy atom. The second-order valence-electron chi connectivity index (χ2n) is 6.15. The summed E-state index contributed by atoms with van der Waals surface area (Å²) in [5.74, 6) is -0.260. The molecule has 0 aliphatic rings. The third kappa shape index (κ3) is 7.12. The average molecular weight is 457 g/mol. The number of nitrogens with two attached hydrogens (primary N) is 1. The van der Waals surface area contributed by atoms with Gasteiger partial charge in [0.25, 0.3) is 0 Å². The maximum Gasteiger partial charge on any atom is 0.404 e. The van der Waals surface area contributed by atoms with Gasteiger partial charge >= 0.3 is 12.1 Å². The van der Waals surface area contributed by atoms with Crippen LogP contribution in [0.1, 0.15) is 18.1 Å². The number of nitrogens with zero attached hydrogens (tertiary/aromatic N) is 1. The molecule has 0 saturated carbocycles. The van der Waals surface area contributed by atoms with Gasteiger partial charge < -0.3 is 15.2 Å². The molecule has 9 heteroatoms. The number of carbonyl (C=O) groups is 2. The van der Waals surface area contributed by atoms with Crippen molar-refractivity contribution in [2.24, 2.45) is 5.73 Å². The Kier molecular flexibility index (Phi) is 9.10. The summed E-state index contributed by atoms with van der Waals surface area (Å²) < 4.78 is 9.77. The fourth-order valence-electron chi connectivity index (χ4n) is 2.54. The number of hydrogen-bond donors (Lipinski definition) is 1. The van der Waals surface area contributed by atoms with E-state index >= 15 is 0 Å². The van der Waals surface area contributed by atoms with Gasteiger partial charge in [0, 0.05) is 21.9 Å². The zero-order valence-electron chi connectivity index (χ0n) is 16.1. The fourth-order valence-corrected chi connectivity index (χ4v) is 4.09. The first kappa shape index (κ1) is 23.3. The van der Waals surface area contributed by atoms with E-state index in [2.05, 4.69) is 0 Å². The van der Waals surface area contributed by atoms with Crippen LogP contribution in [0.4, 0.5) is 4.79 Å². The highest BCUT2D eigenvalue weighted by Crippen LogP contribution is 2.40. The zero-order chi connectivity index (χ0) is 21.4. The van der Waals surface area contributed by atoms with Gasteiger partial charge in [-0.15, -0.1) is 0 Å². The molecule has 0 fully saturated rings. The van der Waals surface area contributed by atoms with Gasteiger partial charge in [-0.1, -0.05) is 59.2 Å². The second-order valence-corrected chi connectivity index (χ2v) is 7.99. The van der Waals surface area contributed by atoms with E-state index in [9.17, 15) is 9.59 Å². The molecule has 2 rings (SSSR count). The topological polar surface area (TPSA) is 81.9 Å². The van der Waals surface area contributed by atoms with E-state index < -0.39 is 6.09 Å². The normalized spacial score (nSPS) is 10.8. The number of benzene rings is 2. The Hall–Kier alpha value is -1.93. The van der Waals surface area contributed by atoms with E-state index in [1.165, 1.54) is 11.8 Å². The summed E-state index contributed by atoms with van der Waals surface area (Å²) in [6.45, 7) is 2.86. The van der Waals surface area contributed by atoms with Gasteiger partial charge in [-0.25, -0.2) is 4.79 Å². The van der Waals surface area contributed by atoms with E-state index in [0.29, 0.717) is 28.8 Å². The summed E-state index contributed by atoms with van der Waals surface area (Å²) in [6, 6.07) is 11.4. The number of esters is 1. The number of amides is 1. The Morgan fingerprint density at radius 2 is 1.76 bits per heavy atom. The molecule has 0 saturated heterocycles. The minimum atomic E-state index is -0.878. The largest absolute Gasteiger partial charge is 0.465 e. The predicted molar refractivity (Wildman–Crippen MR) is 114 cm³/mol. The summed E-state index contributed by atoms with van der Waals surface area (Å²) >= 11 is 14.2. The lowest BCUT2D eigenvalue weighted by molar-refractivity contribution is -0.144. The number of halogens is 2. The van der Waals surface area contributed by atoms with Crippen LogP contribution in [0.25, 0.3) is 0 Å². The van der Waals surface area contributed by atoms with Gasteiger partial charge in [-0.2, -0.15) is 0 Å². The molecule has 29 heavy (non-hydrogen) atoms. The van der Waals surface area contributed by atoms with Crippen LogP contribution in [-0.4, -0.2) is 37.2 Å². The molecule has 0 aliphatic carbocycles. The van der Waals surface area contributed by atoms with Crippen LogP contribution in [-0.2, 0) is 27.4 Å². The number of ether oxygens (including phenoxy) is 2. The zero-order valence-corrected chi connectivity index (χ0v) is 18.4. The molecule has 0 aromatic heterocycles. The summed E-state index contributed by atoms with van der Waals surface area (Å²) in [7, 11) is 1.86. The van der Waals surface area contributed by atoms with Crippen molar-refractivity contribution < 1.29 is 19.1 Å². The summed E-state index contributed by atoms with van der Waals surface area (Å²) in [5, 5.41) is 0.687. The van der Waals surface area contributed by atoms with Gasteiger partial charge in [0.05, 0.1) is 23.2 Å². The highest BCUT2D eigenvalue weighted by Gasteiger charge is 2.15. The van der Waals surface area contributed by atoms with E-state index in [4.69, 9.17) is 38.4 Å². The first-order valence-electron chi connectivity index (χ1n) is 8.80. The highest BCUT2D eigenvalue weighted by molar-refractivity contribution is 7.99. The van der Waals surface area contributed by atoms with E-state index in [0.717, 1.165) is 15.4 Å². The minimum Gasteiger partial charge on any atom is -0.465 e. The molecule has 0 atom stereocenters. The fraction of sp³-hybridized carbons (Fsp3) is 0.300. The monoisotopic (exact) mass is 456 g/mol. The van der Waals surface area contributed by atoms with Crippen molar-refractivity contribution in [1.29, 1.82) is 0 Å². The van der Waals surface area contributed by atoms with Crippen LogP contribution in [0, 0.1) is 0 Å². The smallest absolute Gasteiger partial charge is 0.404 e. The van der Waals surface area contributed by atoms with Crippen molar-refractivity contribution in [3.63, 3.8) is 0 Å². The first-order chi connectivity index (χ1) is 13.8. The SMILES string of the molecule is CCOC(=O)CN(C)Cc1ccccc1Sc1ccc(COC(N)=O)c(Cl)c1Cl. The first-order valence-corrected chi connectivity index (χ1v) is 10.4. The van der Waals surface area contributed by atoms with Crippen LogP contribution < -0.4 is 5.73 Å². The Morgan fingerprint density at radius 3 is 2.45 bits per heavy atom. The molecule has 2 N–H and O–H groups in total. The predicted octanol–water partition coefficient (Wildman–Crippen LogP) is 4.73. The van der Waals surface area contributed by atoms with Gasteiger partial charge in [0.1, 0.15) is 6.61 Å². The standard InChI is InChI=1S/C20H22Cl2N2O4S/c1-3-27-17(25)11-24(2)10-13-6-4-5-7-15(13)29-16-9-8-14(12-28-20(23)26)18(21)19(16)22/h4-9H,3,10-12H2,1-2H3,(H2,23,26). The number of primary amides is 1. The highest BCUT2D eigenvalue weighted by atomic mass is 35.5. The molecule has 0 aliphatic heterocycles. The summed E-state index contributed by atoms with van der Waals surface area (Å²) in [4.78, 5) is 26.1. The molecule has 0 spiro atoms. The Balaban J connectivity index is 2.15. The number of likely N-dealkylation sites (N-methyl/N-ethyl adjacent to an activating group) is 1. The van der Waals surface area contributed by atoms with E-state index in [-0.39, 0.29) is 19.1 Å². The molecule has 2 aromatic carbocycles. The molecular formula is C20H22Cl2N2O4S. The molecule has 0 bridgehead atoms. The molecule has 1 amide bonds. The maximum absolute atomic E-state index is 11.7. The molecule has 0 radical (unpaired) electrons. The van der Waals surface area contributed by atoms with Gasteiger partial charge in [0.15, 0.2) is 0 Å². The van der Waals surface area contributed by atoms with Gasteiger partial charge in [-0.05, 0) is 31.7 Å². The van der Waals surface area contributed by atoms with E-state index in [1.54, 1.807) is 13.0 Å². The van der Waals surface area contributed by atoms with Crippen molar-refractivity contribution in [2.75, 3.05) is 20.2 Å². The lowest BCUT2D eigenvalue weighted by Crippen LogP contribution is -2.27. The number of carbonyl (C=O) groups excluding carboxylic acids is 2. The third-order valence-corrected chi connectivity index (χ3v) is 6.05. The van der Waals surface area contributed by atoms with Crippen molar-refractivity contribution in [3.8, 4) is 0 Å². The summed E-state index contributed by atoms with van der Waals surface area (Å²) in [5.41, 5.74) is 6.60. The van der Waals surface area contributed by atoms with Crippen molar-refractivity contribution in [3.05, 3.63) is 57.6 Å². The lowest BCUT2D eigenvalue weighted by Gasteiger charge is -2.18. The quantitative estimate of drug-likeness (QED) is 0.548. The summed E-state index contributed by atoms with van der Waals surface area (Å²) in [6.07, 6.45) is -0.878. The van der Waals surface area contributed by atoms with Crippen molar-refractivity contribution in [2.45, 2.75) is 29.9 Å². The lowest BCUT2D eigenvalue weighted by atomic mass is 10.2. The van der Waals surface area contributed by atoms with Crippen LogP contribution in [0.15, 0.2) is 46.2 Å². The van der Waals surface area contributed by atoms with Crippen LogP contribution >= 0.6 is 35.0 Å². The second kappa shape index (κ2) is 11.3. The average Bonchev–Trinajstić information content (AvgIpc) is 2.66. The van der Waals surface area contributed by atoms with Crippen LogP contribution in [0.2, 0.25) is 10.0 Å². The van der Waals surface area contributed by atoms with E-state index in [1.807, 2.05) is 42.3 Å². The van der Waals surface area contributed by atoms with Crippen molar-refractivity contribution >= 4 is 47.0 Å². The molecule has 2 aromatic rings. The van der Waals surface area contributed by atoms with Gasteiger partial charge in [0.2, 0.25) is 0 Å². The van der Waals surface area contributed by atoms with Crippen LogP contribution in [0.5, 0.6) is 0 Å². The Labute approximate surface area is 184 Å². The third-order valence-electron chi connectivity index (χ3n) is 3.83. The maximum atomic E-state index is 11.7. The molecule has 6 nitrogen and oxygen atoms in total.